The highest BCUT2D eigenvalue weighted by Gasteiger charge is 2.46. The van der Waals surface area contributed by atoms with Crippen LogP contribution in [0.25, 0.3) is 22.3 Å². The molecule has 22 heteroatoms. The van der Waals surface area contributed by atoms with E-state index < -0.39 is 89.5 Å². The highest BCUT2D eigenvalue weighted by Crippen LogP contribution is 2.46. The minimum Gasteiger partial charge on any atom is -0.458 e. The van der Waals surface area contributed by atoms with E-state index in [1.807, 2.05) is 0 Å². The van der Waals surface area contributed by atoms with E-state index in [0.717, 1.165) is 25.7 Å². The monoisotopic (exact) mass is 1080 g/mol. The Hall–Kier alpha value is -7.33. The zero-order valence-corrected chi connectivity index (χ0v) is 43.8. The number of carbonyl (C=O) groups excluding carboxylic acids is 9. The molecule has 4 aromatic rings. The third kappa shape index (κ3) is 11.3. The lowest BCUT2D eigenvalue weighted by atomic mass is 9.80. The molecule has 5 heterocycles. The lowest BCUT2D eigenvalue weighted by Crippen LogP contribution is -2.52. The number of carbonyl (C=O) groups is 9. The standard InChI is InChI=1S/C55H61FN8O12S/c1-4-55(75)36-19-41-50-34(26-63(41)52(72)35(36)27-76-54(55)74)49-38(15-14-33-28(2)37(56)20-39(62-50)48(33)49)60-46(69)24-59-51(71)40(18-30-8-6-5-7-9-30)61-45(68)23-58-44(67)22-57-43(66)16-17-77-42-21-47(70)64(53(42)73)25-31-10-12-32(13-11-31)29(3)65/h5-9,19-20,31-32,38,40,42,75H,4,10-18,21-27H2,1-3H3,(H,57,66)(H,58,67)(H,59,71)(H,60,69)(H,61,68)/t31?,32?,38-,40-,42?,55-/m0/s1. The van der Waals surface area contributed by atoms with Gasteiger partial charge in [0, 0.05) is 60.1 Å². The van der Waals surface area contributed by atoms with Gasteiger partial charge in [-0.2, -0.15) is 0 Å². The fourth-order valence-electron chi connectivity index (χ4n) is 11.3. The van der Waals surface area contributed by atoms with Crippen molar-refractivity contribution in [2.24, 2.45) is 11.8 Å². The smallest absolute Gasteiger partial charge is 0.343 e. The molecule has 1 saturated heterocycles. The number of fused-ring (bicyclic) bond motifs is 5. The van der Waals surface area contributed by atoms with E-state index in [-0.39, 0.29) is 85.1 Å². The summed E-state index contributed by atoms with van der Waals surface area (Å²) in [4.78, 5) is 137. The Bertz CT molecular complexity index is 3180. The number of nitrogens with one attached hydrogen (secondary N) is 5. The molecule has 9 rings (SSSR count). The molecule has 20 nitrogen and oxygen atoms in total. The number of halogens is 1. The number of hydrogen-bond donors (Lipinski definition) is 6. The molecule has 1 saturated carbocycles. The normalized spacial score (nSPS) is 21.6. The molecule has 0 spiro atoms. The summed E-state index contributed by atoms with van der Waals surface area (Å²) in [6, 6.07) is 9.82. The molecule has 5 aliphatic rings. The number of likely N-dealkylation sites (tertiary alicyclic amines) is 1. The second kappa shape index (κ2) is 22.7. The van der Waals surface area contributed by atoms with Crippen molar-refractivity contribution in [2.75, 3.05) is 31.9 Å². The molecule has 77 heavy (non-hydrogen) atoms. The number of thioether (sulfide) groups is 1. The van der Waals surface area contributed by atoms with Crippen LogP contribution < -0.4 is 32.1 Å². The van der Waals surface area contributed by atoms with Crippen LogP contribution in [-0.4, -0.2) is 116 Å². The maximum absolute atomic E-state index is 15.5. The summed E-state index contributed by atoms with van der Waals surface area (Å²) in [5, 5.41) is 24.6. The SMILES string of the molecule is CC[C@@]1(O)C(=O)OCc2c1cc1n(c2=O)Cc2c-1nc1cc(F)c(C)c3c1c2[C@@H](NC(=O)CNC(=O)[C@H](Cc1ccccc1)NC(=O)CNC(=O)CNC(=O)CCSC1CC(=O)N(CC2CCC(C(C)=O)CC2)C1=O)CC3. The van der Waals surface area contributed by atoms with Crippen LogP contribution in [0.3, 0.4) is 0 Å². The van der Waals surface area contributed by atoms with Crippen LogP contribution in [0.2, 0.25) is 0 Å². The van der Waals surface area contributed by atoms with Gasteiger partial charge >= 0.3 is 5.97 Å². The maximum Gasteiger partial charge on any atom is 0.343 e. The molecular formula is C55H61FN8O12S. The number of nitrogens with zero attached hydrogens (tertiary/aromatic N) is 3. The van der Waals surface area contributed by atoms with Gasteiger partial charge in [-0.1, -0.05) is 37.3 Å². The molecule has 2 fully saturated rings. The van der Waals surface area contributed by atoms with Gasteiger partial charge in [-0.05, 0) is 93.0 Å². The Balaban J connectivity index is 0.782. The maximum atomic E-state index is 15.5. The van der Waals surface area contributed by atoms with E-state index in [1.165, 1.54) is 27.3 Å². The summed E-state index contributed by atoms with van der Waals surface area (Å²) in [6.07, 6.45) is 3.76. The Morgan fingerprint density at radius 2 is 1.61 bits per heavy atom. The summed E-state index contributed by atoms with van der Waals surface area (Å²) in [6.45, 7) is 3.39. The molecule has 406 valence electrons. The number of aromatic nitrogens is 2. The van der Waals surface area contributed by atoms with Gasteiger partial charge in [0.2, 0.25) is 41.4 Å². The van der Waals surface area contributed by atoms with Gasteiger partial charge in [0.1, 0.15) is 24.2 Å². The van der Waals surface area contributed by atoms with Crippen molar-refractivity contribution in [3.05, 3.63) is 97.6 Å². The molecular weight excluding hydrogens is 1020 g/mol. The Morgan fingerprint density at radius 3 is 2.34 bits per heavy atom. The number of aryl methyl sites for hydroxylation is 1. The van der Waals surface area contributed by atoms with Crippen molar-refractivity contribution < 1.29 is 57.4 Å². The number of ketones is 1. The number of imide groups is 1. The second-order valence-corrected chi connectivity index (χ2v) is 21.8. The number of ether oxygens (including phenoxy) is 1. The summed E-state index contributed by atoms with van der Waals surface area (Å²) in [5.41, 5.74) is 1.70. The van der Waals surface area contributed by atoms with Gasteiger partial charge in [-0.25, -0.2) is 14.2 Å². The summed E-state index contributed by atoms with van der Waals surface area (Å²) in [7, 11) is 0. The minimum absolute atomic E-state index is 0.0273. The van der Waals surface area contributed by atoms with Crippen LogP contribution >= 0.6 is 11.8 Å². The first kappa shape index (κ1) is 54.5. The second-order valence-electron chi connectivity index (χ2n) is 20.5. The van der Waals surface area contributed by atoms with E-state index in [2.05, 4.69) is 26.6 Å². The summed E-state index contributed by atoms with van der Waals surface area (Å²) >= 11 is 1.20. The van der Waals surface area contributed by atoms with Gasteiger partial charge in [0.25, 0.3) is 5.56 Å². The predicted octanol–water partition coefficient (Wildman–Crippen LogP) is 2.35. The first-order chi connectivity index (χ1) is 36.8. The average Bonchev–Trinajstić information content (AvgIpc) is 4.17. The zero-order chi connectivity index (χ0) is 54.9. The van der Waals surface area contributed by atoms with Crippen LogP contribution in [0.5, 0.6) is 0 Å². The largest absolute Gasteiger partial charge is 0.458 e. The highest BCUT2D eigenvalue weighted by atomic mass is 32.2. The topological polar surface area (TPSA) is 281 Å². The van der Waals surface area contributed by atoms with E-state index in [9.17, 15) is 53.1 Å². The average molecular weight is 1080 g/mol. The molecule has 3 aliphatic heterocycles. The van der Waals surface area contributed by atoms with Crippen molar-refractivity contribution in [3.8, 4) is 11.4 Å². The number of aliphatic hydroxyl groups is 1. The third-order valence-electron chi connectivity index (χ3n) is 15.7. The third-order valence-corrected chi connectivity index (χ3v) is 16.9. The van der Waals surface area contributed by atoms with Crippen molar-refractivity contribution in [1.82, 2.24) is 41.0 Å². The summed E-state index contributed by atoms with van der Waals surface area (Å²) in [5.74, 6) is -4.45. The van der Waals surface area contributed by atoms with Crippen molar-refractivity contribution in [1.29, 1.82) is 0 Å². The quantitative estimate of drug-likeness (QED) is 0.0512. The van der Waals surface area contributed by atoms with E-state index in [0.29, 0.717) is 69.5 Å². The molecule has 2 aliphatic carbocycles. The van der Waals surface area contributed by atoms with E-state index in [1.54, 1.807) is 57.2 Å². The van der Waals surface area contributed by atoms with Crippen molar-refractivity contribution in [2.45, 2.75) is 121 Å². The number of cyclic esters (lactones) is 1. The Labute approximate surface area is 446 Å². The fourth-order valence-corrected chi connectivity index (χ4v) is 12.4. The molecule has 1 unspecified atom stereocenters. The lowest BCUT2D eigenvalue weighted by Gasteiger charge is -2.31. The molecule has 2 aromatic carbocycles. The number of Topliss-reactive ketones (excluding diaryl/α,β-unsaturated/α-hetero) is 1. The number of benzene rings is 2. The van der Waals surface area contributed by atoms with Crippen LogP contribution in [0, 0.1) is 24.6 Å². The van der Waals surface area contributed by atoms with Crippen LogP contribution in [0.1, 0.15) is 110 Å². The van der Waals surface area contributed by atoms with Crippen molar-refractivity contribution >= 4 is 75.8 Å². The van der Waals surface area contributed by atoms with Gasteiger partial charge < -0.3 is 41.0 Å². The van der Waals surface area contributed by atoms with E-state index >= 15 is 4.39 Å². The summed E-state index contributed by atoms with van der Waals surface area (Å²) < 4.78 is 22.2. The minimum atomic E-state index is -2.06. The molecule has 7 amide bonds. The number of rotatable bonds is 19. The van der Waals surface area contributed by atoms with Gasteiger partial charge in [-0.15, -0.1) is 11.8 Å². The van der Waals surface area contributed by atoms with E-state index in [4.69, 9.17) is 9.72 Å². The van der Waals surface area contributed by atoms with Crippen LogP contribution in [0.4, 0.5) is 4.39 Å². The van der Waals surface area contributed by atoms with Crippen molar-refractivity contribution in [3.63, 3.8) is 0 Å². The highest BCUT2D eigenvalue weighted by molar-refractivity contribution is 8.00. The first-order valence-electron chi connectivity index (χ1n) is 26.1. The molecule has 4 atom stereocenters. The Kier molecular flexibility index (Phi) is 16.1. The number of esters is 1. The number of pyridine rings is 2. The molecule has 6 N–H and O–H groups in total. The van der Waals surface area contributed by atoms with Gasteiger partial charge in [-0.3, -0.25) is 48.1 Å². The predicted molar refractivity (Wildman–Crippen MR) is 278 cm³/mol. The number of amides is 7. The van der Waals surface area contributed by atoms with Crippen LogP contribution in [-0.2, 0) is 79.5 Å². The van der Waals surface area contributed by atoms with Gasteiger partial charge in [0.05, 0.1) is 59.9 Å². The first-order valence-corrected chi connectivity index (χ1v) is 27.1. The van der Waals surface area contributed by atoms with Crippen LogP contribution in [0.15, 0.2) is 47.3 Å². The molecule has 0 radical (unpaired) electrons. The zero-order valence-electron chi connectivity index (χ0n) is 43.0. The Morgan fingerprint density at radius 1 is 0.896 bits per heavy atom. The molecule has 0 bridgehead atoms. The lowest BCUT2D eigenvalue weighted by molar-refractivity contribution is -0.172. The fraction of sp³-hybridized carbons (Fsp3) is 0.473. The van der Waals surface area contributed by atoms with Gasteiger partial charge in [0.15, 0.2) is 5.60 Å². The molecule has 2 aromatic heterocycles. The number of hydrogen-bond acceptors (Lipinski definition) is 14.